The number of ether oxygens (including phenoxy) is 1. The van der Waals surface area contributed by atoms with Crippen LogP contribution < -0.4 is 5.32 Å². The number of thioether (sulfide) groups is 2. The Morgan fingerprint density at radius 2 is 2.00 bits per heavy atom. The first-order valence-corrected chi connectivity index (χ1v) is 13.5. The van der Waals surface area contributed by atoms with Gasteiger partial charge in [0.1, 0.15) is 29.9 Å². The van der Waals surface area contributed by atoms with Gasteiger partial charge in [-0.3, -0.25) is 9.69 Å². The Balaban J connectivity index is 1.82. The lowest BCUT2D eigenvalue weighted by atomic mass is 9.92. The van der Waals surface area contributed by atoms with Gasteiger partial charge >= 0.3 is 0 Å². The van der Waals surface area contributed by atoms with E-state index in [-0.39, 0.29) is 17.2 Å². The maximum Gasteiger partial charge on any atom is 0.237 e. The van der Waals surface area contributed by atoms with Crippen molar-refractivity contribution in [2.45, 2.75) is 85.5 Å². The van der Waals surface area contributed by atoms with Gasteiger partial charge in [0.2, 0.25) is 11.1 Å². The molecule has 0 radical (unpaired) electrons. The zero-order valence-electron chi connectivity index (χ0n) is 19.7. The average molecular weight is 505 g/mol. The molecule has 0 aromatic carbocycles. The summed E-state index contributed by atoms with van der Waals surface area (Å²) in [6.45, 7) is 4.91. The third-order valence-electron chi connectivity index (χ3n) is 6.51. The summed E-state index contributed by atoms with van der Waals surface area (Å²) in [5.74, 6) is 0.335. The van der Waals surface area contributed by atoms with Crippen LogP contribution in [-0.2, 0) is 16.6 Å². The lowest BCUT2D eigenvalue weighted by Crippen LogP contribution is -2.65. The van der Waals surface area contributed by atoms with Crippen LogP contribution in [-0.4, -0.2) is 113 Å². The van der Waals surface area contributed by atoms with Gasteiger partial charge in [-0.2, -0.15) is 0 Å². The number of aliphatic hydroxyl groups is 3. The monoisotopic (exact) mass is 504 g/mol. The van der Waals surface area contributed by atoms with Gasteiger partial charge in [0, 0.05) is 18.8 Å². The molecule has 2 saturated heterocycles. The molecule has 0 unspecified atom stereocenters. The molecule has 0 saturated carbocycles. The van der Waals surface area contributed by atoms with Gasteiger partial charge in [0.05, 0.1) is 12.1 Å². The molecule has 2 fully saturated rings. The van der Waals surface area contributed by atoms with Gasteiger partial charge in [-0.25, -0.2) is 4.68 Å². The fraction of sp³-hybridized carbons (Fsp3) is 0.900. The molecule has 13 heteroatoms. The Hall–Kier alpha value is -0.960. The van der Waals surface area contributed by atoms with Crippen LogP contribution >= 0.6 is 23.5 Å². The van der Waals surface area contributed by atoms with E-state index < -0.39 is 35.9 Å². The van der Waals surface area contributed by atoms with Gasteiger partial charge in [-0.05, 0) is 42.5 Å². The summed E-state index contributed by atoms with van der Waals surface area (Å²) in [6, 6.07) is -0.935. The maximum absolute atomic E-state index is 13.4. The minimum Gasteiger partial charge on any atom is -0.388 e. The van der Waals surface area contributed by atoms with Crippen molar-refractivity contribution in [2.24, 2.45) is 13.0 Å². The minimum atomic E-state index is -1.39. The number of hydrogen-bond donors (Lipinski definition) is 4. The molecular weight excluding hydrogens is 468 g/mol. The summed E-state index contributed by atoms with van der Waals surface area (Å²) in [7, 11) is 3.67. The lowest BCUT2D eigenvalue weighted by Gasteiger charge is -2.44. The van der Waals surface area contributed by atoms with Crippen LogP contribution in [0.4, 0.5) is 0 Å². The second-order valence-corrected chi connectivity index (χ2v) is 11.2. The van der Waals surface area contributed by atoms with Crippen LogP contribution in [0.5, 0.6) is 0 Å². The molecule has 9 atom stereocenters. The van der Waals surface area contributed by atoms with Crippen LogP contribution in [0.3, 0.4) is 0 Å². The molecule has 0 spiro atoms. The smallest absolute Gasteiger partial charge is 0.237 e. The van der Waals surface area contributed by atoms with Crippen molar-refractivity contribution >= 4 is 29.4 Å². The zero-order chi connectivity index (χ0) is 24.3. The molecule has 33 heavy (non-hydrogen) atoms. The molecule has 11 nitrogen and oxygen atoms in total. The summed E-state index contributed by atoms with van der Waals surface area (Å²) in [6.07, 6.45) is -0.231. The molecule has 3 heterocycles. The number of amides is 1. The Morgan fingerprint density at radius 3 is 2.61 bits per heavy atom. The molecule has 4 N–H and O–H groups in total. The Kier molecular flexibility index (Phi) is 9.40. The Bertz CT molecular complexity index is 786. The SMILES string of the molecule is CCC[C@@H]1C[C@@H](C(=O)N[C@@H]([C@H]2O[C@H](SC)[C@H](O)[C@@H](O)[C@H]2O)[C@@H](C)Sc2nnnn2C)N(C)C1. The van der Waals surface area contributed by atoms with E-state index in [4.69, 9.17) is 4.74 Å². The maximum atomic E-state index is 13.4. The van der Waals surface area contributed by atoms with E-state index in [0.29, 0.717) is 11.1 Å². The number of nitrogens with one attached hydrogen (secondary N) is 1. The van der Waals surface area contributed by atoms with E-state index in [0.717, 1.165) is 25.8 Å². The summed E-state index contributed by atoms with van der Waals surface area (Å²) >= 11 is 2.59. The first-order valence-electron chi connectivity index (χ1n) is 11.3. The highest BCUT2D eigenvalue weighted by atomic mass is 32.2. The number of aromatic nitrogens is 4. The molecule has 3 rings (SSSR count). The van der Waals surface area contributed by atoms with Crippen molar-refractivity contribution in [1.29, 1.82) is 0 Å². The standard InChI is InChI=1S/C20H36N6O5S2/c1-6-7-11-8-12(25(3)9-11)18(30)21-13(10(2)33-20-22-23-24-26(20)4)17-15(28)14(27)16(29)19(31-17)32-5/h10-17,19,27-29H,6-9H2,1-5H3,(H,21,30)/t10-,11-,12+,13-,14+,15-,16-,17-,19-/m1/s1. The number of carbonyl (C=O) groups is 1. The van der Waals surface area contributed by atoms with Crippen molar-refractivity contribution in [3.05, 3.63) is 0 Å². The van der Waals surface area contributed by atoms with Gasteiger partial charge in [0.15, 0.2) is 0 Å². The molecule has 0 aliphatic carbocycles. The van der Waals surface area contributed by atoms with Gasteiger partial charge in [0.25, 0.3) is 0 Å². The van der Waals surface area contributed by atoms with E-state index in [9.17, 15) is 20.1 Å². The topological polar surface area (TPSA) is 146 Å². The van der Waals surface area contributed by atoms with E-state index in [1.807, 2.05) is 14.0 Å². The number of rotatable bonds is 9. The largest absolute Gasteiger partial charge is 0.388 e. The highest BCUT2D eigenvalue weighted by Crippen LogP contribution is 2.33. The number of aryl methyl sites for hydroxylation is 1. The number of nitrogens with zero attached hydrogens (tertiary/aromatic N) is 5. The summed E-state index contributed by atoms with van der Waals surface area (Å²) in [5, 5.41) is 46.4. The van der Waals surface area contributed by atoms with Gasteiger partial charge in [-0.1, -0.05) is 32.0 Å². The van der Waals surface area contributed by atoms with Gasteiger partial charge in [-0.15, -0.1) is 16.9 Å². The van der Waals surface area contributed by atoms with Crippen LogP contribution in [0.1, 0.15) is 33.1 Å². The van der Waals surface area contributed by atoms with Crippen molar-refractivity contribution in [3.8, 4) is 0 Å². The van der Waals surface area contributed by atoms with Gasteiger partial charge < -0.3 is 25.4 Å². The van der Waals surface area contributed by atoms with E-state index in [1.165, 1.54) is 28.2 Å². The summed E-state index contributed by atoms with van der Waals surface area (Å²) < 4.78 is 7.55. The first kappa shape index (κ1) is 26.6. The minimum absolute atomic E-state index is 0.137. The number of hydrogen-bond acceptors (Lipinski definition) is 11. The predicted molar refractivity (Wildman–Crippen MR) is 126 cm³/mol. The quantitative estimate of drug-likeness (QED) is 0.322. The average Bonchev–Trinajstić information content (AvgIpc) is 3.35. The highest BCUT2D eigenvalue weighted by Gasteiger charge is 2.49. The van der Waals surface area contributed by atoms with Crippen LogP contribution in [0.2, 0.25) is 0 Å². The number of aliphatic hydroxyl groups excluding tert-OH is 3. The molecule has 0 bridgehead atoms. The molecule has 188 valence electrons. The fourth-order valence-corrected chi connectivity index (χ4v) is 6.34. The normalized spacial score (nSPS) is 34.8. The molecule has 2 aliphatic heterocycles. The summed E-state index contributed by atoms with van der Waals surface area (Å²) in [5.41, 5.74) is -0.732. The van der Waals surface area contributed by atoms with Crippen molar-refractivity contribution in [2.75, 3.05) is 19.8 Å². The first-order chi connectivity index (χ1) is 15.7. The number of likely N-dealkylation sites (N-methyl/N-ethyl adjacent to an activating group) is 1. The second-order valence-electron chi connectivity index (χ2n) is 8.96. The van der Waals surface area contributed by atoms with Crippen LogP contribution in [0, 0.1) is 5.92 Å². The van der Waals surface area contributed by atoms with Crippen molar-refractivity contribution < 1.29 is 24.9 Å². The van der Waals surface area contributed by atoms with Crippen molar-refractivity contribution in [3.63, 3.8) is 0 Å². The molecule has 1 amide bonds. The lowest BCUT2D eigenvalue weighted by molar-refractivity contribution is -0.205. The number of carbonyl (C=O) groups excluding carboxylic acids is 1. The molecule has 2 aliphatic rings. The predicted octanol–water partition coefficient (Wildman–Crippen LogP) is -0.533. The molecular formula is C20H36N6O5S2. The molecule has 1 aromatic rings. The van der Waals surface area contributed by atoms with E-state index >= 15 is 0 Å². The van der Waals surface area contributed by atoms with E-state index in [1.54, 1.807) is 13.3 Å². The molecule has 1 aromatic heterocycles. The third kappa shape index (κ3) is 6.00. The fourth-order valence-electron chi connectivity index (χ4n) is 4.68. The van der Waals surface area contributed by atoms with Crippen LogP contribution in [0.15, 0.2) is 5.16 Å². The second kappa shape index (κ2) is 11.6. The van der Waals surface area contributed by atoms with Crippen molar-refractivity contribution in [1.82, 2.24) is 30.4 Å². The zero-order valence-corrected chi connectivity index (χ0v) is 21.4. The third-order valence-corrected chi connectivity index (χ3v) is 8.59. The Morgan fingerprint density at radius 1 is 1.27 bits per heavy atom. The highest BCUT2D eigenvalue weighted by molar-refractivity contribution is 7.99. The summed E-state index contributed by atoms with van der Waals surface area (Å²) in [4.78, 5) is 15.4. The van der Waals surface area contributed by atoms with Crippen LogP contribution in [0.25, 0.3) is 0 Å². The number of likely N-dealkylation sites (tertiary alicyclic amines) is 1. The Labute approximate surface area is 203 Å². The van der Waals surface area contributed by atoms with E-state index in [2.05, 4.69) is 32.7 Å². The number of tetrazole rings is 1.